The summed E-state index contributed by atoms with van der Waals surface area (Å²) in [6.45, 7) is 3.81. The van der Waals surface area contributed by atoms with Gasteiger partial charge < -0.3 is 4.74 Å². The van der Waals surface area contributed by atoms with E-state index in [0.717, 1.165) is 11.3 Å². The maximum absolute atomic E-state index is 12.3. The van der Waals surface area contributed by atoms with E-state index in [0.29, 0.717) is 31.9 Å². The number of likely N-dealkylation sites (N-methyl/N-ethyl adjacent to an activating group) is 1. The number of nitrogens with zero attached hydrogens (tertiary/aromatic N) is 2. The zero-order chi connectivity index (χ0) is 16.3. The minimum absolute atomic E-state index is 0.366. The van der Waals surface area contributed by atoms with Gasteiger partial charge in [-0.3, -0.25) is 0 Å². The van der Waals surface area contributed by atoms with Crippen LogP contribution in [-0.2, 0) is 16.8 Å². The number of hydrogen-bond acceptors (Lipinski definition) is 3. The molecule has 0 amide bonds. The van der Waals surface area contributed by atoms with Gasteiger partial charge in [-0.15, -0.1) is 0 Å². The van der Waals surface area contributed by atoms with Gasteiger partial charge in [-0.05, 0) is 29.8 Å². The van der Waals surface area contributed by atoms with Crippen LogP contribution in [0, 0.1) is 0 Å². The van der Waals surface area contributed by atoms with Gasteiger partial charge in [-0.1, -0.05) is 37.3 Å². The topological polar surface area (TPSA) is 49.9 Å². The summed E-state index contributed by atoms with van der Waals surface area (Å²) in [5.74, 6) is 1.47. The molecule has 0 unspecified atom stereocenters. The molecule has 0 saturated carbocycles. The third-order valence-corrected chi connectivity index (χ3v) is 5.90. The van der Waals surface area contributed by atoms with E-state index in [9.17, 15) is 8.42 Å². The van der Waals surface area contributed by atoms with Crippen LogP contribution in [0.4, 0.5) is 0 Å². The molecule has 0 aliphatic carbocycles. The fourth-order valence-corrected chi connectivity index (χ4v) is 4.22. The number of para-hydroxylation sites is 1. The molecular weight excluding hydrogens is 312 g/mol. The first-order valence-electron chi connectivity index (χ1n) is 7.66. The Bertz CT molecular complexity index is 762. The summed E-state index contributed by atoms with van der Waals surface area (Å²) in [7, 11) is -3.32. The molecule has 1 aliphatic heterocycles. The van der Waals surface area contributed by atoms with E-state index in [1.54, 1.807) is 0 Å². The van der Waals surface area contributed by atoms with E-state index >= 15 is 0 Å². The highest BCUT2D eigenvalue weighted by molar-refractivity contribution is 7.87. The normalized spacial score (nSPS) is 18.1. The quantitative estimate of drug-likeness (QED) is 0.846. The Kier molecular flexibility index (Phi) is 4.66. The molecule has 1 aliphatic rings. The molecule has 0 bridgehead atoms. The van der Waals surface area contributed by atoms with Crippen molar-refractivity contribution in [1.29, 1.82) is 0 Å². The lowest BCUT2D eigenvalue weighted by Gasteiger charge is -2.17. The molecule has 0 atom stereocenters. The molecule has 2 aromatic carbocycles. The third kappa shape index (κ3) is 3.55. The summed E-state index contributed by atoms with van der Waals surface area (Å²) < 4.78 is 33.5. The van der Waals surface area contributed by atoms with Crippen molar-refractivity contribution in [2.75, 3.05) is 19.6 Å². The average Bonchev–Trinajstić information content (AvgIpc) is 2.83. The molecule has 2 aromatic rings. The minimum Gasteiger partial charge on any atom is -0.457 e. The van der Waals surface area contributed by atoms with Crippen molar-refractivity contribution in [3.63, 3.8) is 0 Å². The van der Waals surface area contributed by atoms with Crippen molar-refractivity contribution >= 4 is 10.2 Å². The van der Waals surface area contributed by atoms with Crippen LogP contribution >= 0.6 is 0 Å². The Morgan fingerprint density at radius 1 is 0.957 bits per heavy atom. The Morgan fingerprint density at radius 3 is 2.35 bits per heavy atom. The highest BCUT2D eigenvalue weighted by Crippen LogP contribution is 2.24. The van der Waals surface area contributed by atoms with Crippen LogP contribution in [0.25, 0.3) is 0 Å². The fraction of sp³-hybridized carbons (Fsp3) is 0.294. The van der Waals surface area contributed by atoms with E-state index in [1.165, 1.54) is 8.61 Å². The first-order chi connectivity index (χ1) is 11.1. The Morgan fingerprint density at radius 2 is 1.65 bits per heavy atom. The first-order valence-corrected chi connectivity index (χ1v) is 9.06. The largest absolute Gasteiger partial charge is 0.457 e. The number of rotatable bonds is 5. The van der Waals surface area contributed by atoms with Crippen molar-refractivity contribution in [2.24, 2.45) is 0 Å². The zero-order valence-electron chi connectivity index (χ0n) is 13.1. The summed E-state index contributed by atoms with van der Waals surface area (Å²) in [4.78, 5) is 0. The lowest BCUT2D eigenvalue weighted by molar-refractivity contribution is 0.440. The van der Waals surface area contributed by atoms with Crippen molar-refractivity contribution in [1.82, 2.24) is 8.61 Å². The van der Waals surface area contributed by atoms with Crippen molar-refractivity contribution in [2.45, 2.75) is 13.5 Å². The third-order valence-electron chi connectivity index (χ3n) is 3.84. The molecule has 0 radical (unpaired) electrons. The van der Waals surface area contributed by atoms with E-state index in [1.807, 2.05) is 61.5 Å². The van der Waals surface area contributed by atoms with Gasteiger partial charge in [0.2, 0.25) is 0 Å². The van der Waals surface area contributed by atoms with Gasteiger partial charge in [0.15, 0.2) is 0 Å². The molecule has 6 heteroatoms. The second kappa shape index (κ2) is 6.70. The molecule has 1 fully saturated rings. The maximum Gasteiger partial charge on any atom is 0.282 e. The molecule has 0 aromatic heterocycles. The summed E-state index contributed by atoms with van der Waals surface area (Å²) >= 11 is 0. The van der Waals surface area contributed by atoms with Crippen molar-refractivity contribution in [3.05, 3.63) is 60.2 Å². The van der Waals surface area contributed by atoms with Crippen LogP contribution in [0.15, 0.2) is 54.6 Å². The van der Waals surface area contributed by atoms with E-state index < -0.39 is 10.2 Å². The van der Waals surface area contributed by atoms with Crippen LogP contribution in [0.3, 0.4) is 0 Å². The Labute approximate surface area is 137 Å². The summed E-state index contributed by atoms with van der Waals surface area (Å²) in [5, 5.41) is 0. The van der Waals surface area contributed by atoms with Gasteiger partial charge >= 0.3 is 0 Å². The monoisotopic (exact) mass is 332 g/mol. The van der Waals surface area contributed by atoms with Gasteiger partial charge in [0, 0.05) is 26.2 Å². The van der Waals surface area contributed by atoms with Crippen molar-refractivity contribution in [3.8, 4) is 11.5 Å². The van der Waals surface area contributed by atoms with Gasteiger partial charge in [0.1, 0.15) is 11.5 Å². The molecule has 1 heterocycles. The molecule has 23 heavy (non-hydrogen) atoms. The minimum atomic E-state index is -3.32. The Balaban J connectivity index is 1.74. The van der Waals surface area contributed by atoms with E-state index in [4.69, 9.17) is 4.74 Å². The number of ether oxygens (including phenoxy) is 1. The molecular formula is C17H20N2O3S. The highest BCUT2D eigenvalue weighted by atomic mass is 32.2. The lowest BCUT2D eigenvalue weighted by atomic mass is 10.2. The maximum atomic E-state index is 12.3. The predicted molar refractivity (Wildman–Crippen MR) is 89.5 cm³/mol. The molecule has 3 rings (SSSR count). The number of benzene rings is 2. The lowest BCUT2D eigenvalue weighted by Crippen LogP contribution is -2.32. The van der Waals surface area contributed by atoms with E-state index in [-0.39, 0.29) is 0 Å². The second-order valence-corrected chi connectivity index (χ2v) is 7.32. The van der Waals surface area contributed by atoms with E-state index in [2.05, 4.69) is 0 Å². The SMILES string of the molecule is CCN1CCN(Cc2cccc(Oc3ccccc3)c2)S1(=O)=O. The molecule has 122 valence electrons. The van der Waals surface area contributed by atoms with Gasteiger partial charge in [-0.2, -0.15) is 17.0 Å². The smallest absolute Gasteiger partial charge is 0.282 e. The fourth-order valence-electron chi connectivity index (χ4n) is 2.63. The predicted octanol–water partition coefficient (Wildman–Crippen LogP) is 2.86. The highest BCUT2D eigenvalue weighted by Gasteiger charge is 2.35. The van der Waals surface area contributed by atoms with Crippen LogP contribution in [-0.4, -0.2) is 36.7 Å². The van der Waals surface area contributed by atoms with Gasteiger partial charge in [0.25, 0.3) is 10.2 Å². The summed E-state index contributed by atoms with van der Waals surface area (Å²) in [6.07, 6.45) is 0. The van der Waals surface area contributed by atoms with Crippen LogP contribution in [0.5, 0.6) is 11.5 Å². The molecule has 0 spiro atoms. The Hall–Kier alpha value is -1.89. The molecule has 0 N–H and O–H groups in total. The molecule has 1 saturated heterocycles. The average molecular weight is 332 g/mol. The zero-order valence-corrected chi connectivity index (χ0v) is 13.9. The van der Waals surface area contributed by atoms with Crippen LogP contribution < -0.4 is 4.74 Å². The standard InChI is InChI=1S/C17H20N2O3S/c1-2-18-11-12-19(23(18,20)21)14-15-7-6-10-17(13-15)22-16-8-4-3-5-9-16/h3-10,13H,2,11-12,14H2,1H3. The number of hydrogen-bond donors (Lipinski definition) is 0. The van der Waals surface area contributed by atoms with Crippen LogP contribution in [0.2, 0.25) is 0 Å². The molecule has 5 nitrogen and oxygen atoms in total. The van der Waals surface area contributed by atoms with Gasteiger partial charge in [-0.25, -0.2) is 0 Å². The summed E-state index contributed by atoms with van der Waals surface area (Å²) in [6, 6.07) is 17.1. The van der Waals surface area contributed by atoms with Crippen molar-refractivity contribution < 1.29 is 13.2 Å². The second-order valence-electron chi connectivity index (χ2n) is 5.40. The first kappa shape index (κ1) is 16.0. The van der Waals surface area contributed by atoms with Gasteiger partial charge in [0.05, 0.1) is 0 Å². The van der Waals surface area contributed by atoms with Crippen LogP contribution in [0.1, 0.15) is 12.5 Å². The summed E-state index contributed by atoms with van der Waals surface area (Å²) in [5.41, 5.74) is 0.917.